The highest BCUT2D eigenvalue weighted by Gasteiger charge is 2.50. The van der Waals surface area contributed by atoms with Gasteiger partial charge in [-0.05, 0) is 37.1 Å². The second-order valence-corrected chi connectivity index (χ2v) is 5.37. The molecule has 3 heterocycles. The first-order valence-electron chi connectivity index (χ1n) is 6.30. The minimum atomic E-state index is 0.183. The predicted molar refractivity (Wildman–Crippen MR) is 60.0 cm³/mol. The molecule has 4 heteroatoms. The van der Waals surface area contributed by atoms with Crippen LogP contribution in [0, 0.1) is 17.8 Å². The Bertz CT molecular complexity index is 295. The third-order valence-electron chi connectivity index (χ3n) is 4.66. The van der Waals surface area contributed by atoms with Crippen LogP contribution < -0.4 is 5.32 Å². The number of ether oxygens (including phenoxy) is 1. The lowest BCUT2D eigenvalue weighted by atomic mass is 9.66. The van der Waals surface area contributed by atoms with Crippen LogP contribution in [0.1, 0.15) is 12.8 Å². The van der Waals surface area contributed by atoms with Gasteiger partial charge < -0.3 is 15.0 Å². The normalized spacial score (nSPS) is 41.2. The lowest BCUT2D eigenvalue weighted by Gasteiger charge is -2.52. The maximum Gasteiger partial charge on any atom is 0.248 e. The van der Waals surface area contributed by atoms with Crippen molar-refractivity contribution in [3.8, 4) is 0 Å². The third kappa shape index (κ3) is 1.47. The summed E-state index contributed by atoms with van der Waals surface area (Å²) in [6.45, 7) is 3.48. The summed E-state index contributed by atoms with van der Waals surface area (Å²) in [6, 6.07) is 0.479. The fraction of sp³-hybridized carbons (Fsp3) is 0.917. The van der Waals surface area contributed by atoms with E-state index in [1.165, 1.54) is 12.8 Å². The summed E-state index contributed by atoms with van der Waals surface area (Å²) in [6.07, 6.45) is 2.51. The van der Waals surface area contributed by atoms with Gasteiger partial charge in [-0.25, -0.2) is 0 Å². The number of hydrogen-bond acceptors (Lipinski definition) is 3. The molecule has 0 radical (unpaired) electrons. The average molecular weight is 224 g/mol. The van der Waals surface area contributed by atoms with E-state index in [1.807, 2.05) is 0 Å². The van der Waals surface area contributed by atoms with E-state index in [-0.39, 0.29) is 12.5 Å². The molecule has 1 saturated carbocycles. The molecule has 16 heavy (non-hydrogen) atoms. The number of hydrogen-bond donors (Lipinski definition) is 1. The molecule has 0 spiro atoms. The van der Waals surface area contributed by atoms with Crippen LogP contribution in [-0.4, -0.2) is 50.2 Å². The van der Waals surface area contributed by atoms with Crippen LogP contribution in [0.4, 0.5) is 0 Å². The molecule has 0 aromatic rings. The van der Waals surface area contributed by atoms with Crippen LogP contribution in [0.15, 0.2) is 0 Å². The van der Waals surface area contributed by atoms with E-state index in [0.29, 0.717) is 12.0 Å². The molecule has 2 bridgehead atoms. The van der Waals surface area contributed by atoms with Gasteiger partial charge in [0, 0.05) is 26.2 Å². The van der Waals surface area contributed by atoms with Gasteiger partial charge in [0.05, 0.1) is 0 Å². The first-order valence-corrected chi connectivity index (χ1v) is 6.30. The largest absolute Gasteiger partial charge is 0.375 e. The standard InChI is InChI=1S/C12H20N2O2/c1-16-7-12(15)14-6-8-2-3-11(14)10-5-13-4-9(8)10/h8-11,13H,2-7H2,1H3/t8-,9+,10+,11+/m1/s1. The highest BCUT2D eigenvalue weighted by Crippen LogP contribution is 2.44. The summed E-state index contributed by atoms with van der Waals surface area (Å²) in [7, 11) is 1.60. The van der Waals surface area contributed by atoms with Gasteiger partial charge in [-0.15, -0.1) is 0 Å². The highest BCUT2D eigenvalue weighted by molar-refractivity contribution is 5.78. The number of carbonyl (C=O) groups is 1. The number of piperidine rings is 2. The van der Waals surface area contributed by atoms with Gasteiger partial charge in [0.25, 0.3) is 0 Å². The Kier molecular flexibility index (Phi) is 2.64. The maximum absolute atomic E-state index is 12.0. The van der Waals surface area contributed by atoms with Crippen LogP contribution in [0.5, 0.6) is 0 Å². The SMILES string of the molecule is COCC(=O)N1C[C@H]2CC[C@H]1[C@H]1CNC[C@@H]21. The third-order valence-corrected chi connectivity index (χ3v) is 4.66. The molecular formula is C12H20N2O2. The van der Waals surface area contributed by atoms with Crippen LogP contribution >= 0.6 is 0 Å². The predicted octanol–water partition coefficient (Wildman–Crippen LogP) is 0.0892. The molecule has 3 aliphatic heterocycles. The lowest BCUT2D eigenvalue weighted by Crippen LogP contribution is -2.59. The molecule has 4 aliphatic rings. The molecular weight excluding hydrogens is 204 g/mol. The minimum absolute atomic E-state index is 0.183. The molecule has 4 atom stereocenters. The van der Waals surface area contributed by atoms with Gasteiger partial charge in [-0.2, -0.15) is 0 Å². The number of carbonyl (C=O) groups excluding carboxylic acids is 1. The van der Waals surface area contributed by atoms with Crippen molar-refractivity contribution in [2.75, 3.05) is 33.4 Å². The van der Waals surface area contributed by atoms with E-state index < -0.39 is 0 Å². The van der Waals surface area contributed by atoms with E-state index in [4.69, 9.17) is 4.74 Å². The molecule has 3 saturated heterocycles. The fourth-order valence-electron chi connectivity index (χ4n) is 3.96. The smallest absolute Gasteiger partial charge is 0.248 e. The van der Waals surface area contributed by atoms with E-state index in [1.54, 1.807) is 7.11 Å². The first-order chi connectivity index (χ1) is 7.81. The average Bonchev–Trinajstić information content (AvgIpc) is 2.80. The van der Waals surface area contributed by atoms with Crippen molar-refractivity contribution in [2.45, 2.75) is 18.9 Å². The molecule has 0 aromatic carbocycles. The molecule has 90 valence electrons. The molecule has 4 rings (SSSR count). The summed E-state index contributed by atoms with van der Waals surface area (Å²) in [5.74, 6) is 2.44. The second kappa shape index (κ2) is 4.00. The minimum Gasteiger partial charge on any atom is -0.375 e. The Morgan fingerprint density at radius 3 is 3.00 bits per heavy atom. The zero-order valence-corrected chi connectivity index (χ0v) is 9.82. The van der Waals surface area contributed by atoms with Crippen LogP contribution in [0.2, 0.25) is 0 Å². The molecule has 1 amide bonds. The first kappa shape index (κ1) is 10.5. The van der Waals surface area contributed by atoms with Crippen molar-refractivity contribution in [1.29, 1.82) is 0 Å². The molecule has 1 N–H and O–H groups in total. The molecule has 4 fully saturated rings. The Balaban J connectivity index is 1.77. The number of rotatable bonds is 2. The Hall–Kier alpha value is -0.610. The Morgan fingerprint density at radius 1 is 1.38 bits per heavy atom. The van der Waals surface area contributed by atoms with Crippen LogP contribution in [-0.2, 0) is 9.53 Å². The van der Waals surface area contributed by atoms with Crippen LogP contribution in [0.3, 0.4) is 0 Å². The van der Waals surface area contributed by atoms with Gasteiger partial charge in [0.2, 0.25) is 5.91 Å². The number of nitrogens with zero attached hydrogens (tertiary/aromatic N) is 1. The van der Waals surface area contributed by atoms with Crippen molar-refractivity contribution in [1.82, 2.24) is 10.2 Å². The highest BCUT2D eigenvalue weighted by atomic mass is 16.5. The number of fused-ring (bicyclic) bond motifs is 2. The Labute approximate surface area is 96.3 Å². The maximum atomic E-state index is 12.0. The van der Waals surface area contributed by atoms with Gasteiger partial charge >= 0.3 is 0 Å². The Morgan fingerprint density at radius 2 is 2.19 bits per heavy atom. The fourth-order valence-corrected chi connectivity index (χ4v) is 3.96. The molecule has 0 unspecified atom stereocenters. The molecule has 4 nitrogen and oxygen atoms in total. The van der Waals surface area contributed by atoms with Crippen LogP contribution in [0.25, 0.3) is 0 Å². The van der Waals surface area contributed by atoms with Crippen molar-refractivity contribution < 1.29 is 9.53 Å². The zero-order valence-electron chi connectivity index (χ0n) is 9.82. The number of methoxy groups -OCH3 is 1. The summed E-state index contributed by atoms with van der Waals surface area (Å²) in [4.78, 5) is 14.0. The van der Waals surface area contributed by atoms with Gasteiger partial charge in [0.1, 0.15) is 6.61 Å². The summed E-state index contributed by atoms with van der Waals surface area (Å²) in [5.41, 5.74) is 0. The zero-order chi connectivity index (χ0) is 11.1. The topological polar surface area (TPSA) is 41.6 Å². The molecule has 1 aliphatic carbocycles. The monoisotopic (exact) mass is 224 g/mol. The second-order valence-electron chi connectivity index (χ2n) is 5.37. The lowest BCUT2D eigenvalue weighted by molar-refractivity contribution is -0.147. The van der Waals surface area contributed by atoms with E-state index in [2.05, 4.69) is 10.2 Å². The van der Waals surface area contributed by atoms with Gasteiger partial charge in [-0.1, -0.05) is 0 Å². The number of amides is 1. The van der Waals surface area contributed by atoms with Crippen molar-refractivity contribution in [3.63, 3.8) is 0 Å². The summed E-state index contributed by atoms with van der Waals surface area (Å²) < 4.78 is 4.97. The summed E-state index contributed by atoms with van der Waals surface area (Å²) in [5, 5.41) is 3.49. The summed E-state index contributed by atoms with van der Waals surface area (Å²) >= 11 is 0. The van der Waals surface area contributed by atoms with Crippen molar-refractivity contribution in [2.24, 2.45) is 17.8 Å². The molecule has 0 aromatic heterocycles. The van der Waals surface area contributed by atoms with E-state index in [9.17, 15) is 4.79 Å². The number of nitrogens with one attached hydrogen (secondary N) is 1. The van der Waals surface area contributed by atoms with E-state index >= 15 is 0 Å². The van der Waals surface area contributed by atoms with Gasteiger partial charge in [-0.3, -0.25) is 4.79 Å². The van der Waals surface area contributed by atoms with Crippen molar-refractivity contribution in [3.05, 3.63) is 0 Å². The van der Waals surface area contributed by atoms with Gasteiger partial charge in [0.15, 0.2) is 0 Å². The van der Waals surface area contributed by atoms with E-state index in [0.717, 1.165) is 31.5 Å². The quantitative estimate of drug-likeness (QED) is 0.723. The van der Waals surface area contributed by atoms with Crippen molar-refractivity contribution >= 4 is 5.91 Å².